The molecule has 0 radical (unpaired) electrons. The summed E-state index contributed by atoms with van der Waals surface area (Å²) >= 11 is 0. The van der Waals surface area contributed by atoms with Crippen molar-refractivity contribution in [1.29, 1.82) is 0 Å². The molecule has 1 aliphatic rings. The number of aliphatic carboxylic acids is 1. The Morgan fingerprint density at radius 2 is 1.88 bits per heavy atom. The van der Waals surface area contributed by atoms with Crippen LogP contribution in [0, 0.1) is 11.3 Å². The van der Waals surface area contributed by atoms with E-state index >= 15 is 0 Å². The van der Waals surface area contributed by atoms with Crippen LogP contribution < -0.4 is 0 Å². The van der Waals surface area contributed by atoms with Crippen molar-refractivity contribution in [1.82, 2.24) is 4.90 Å². The monoisotopic (exact) mass is 241 g/mol. The molecule has 17 heavy (non-hydrogen) atoms. The minimum Gasteiger partial charge on any atom is -0.481 e. The van der Waals surface area contributed by atoms with E-state index in [4.69, 9.17) is 5.11 Å². The minimum absolute atomic E-state index is 0.340. The Bertz CT molecular complexity index is 237. The van der Waals surface area contributed by atoms with Gasteiger partial charge in [-0.1, -0.05) is 20.8 Å². The van der Waals surface area contributed by atoms with Gasteiger partial charge in [0.05, 0.1) is 0 Å². The summed E-state index contributed by atoms with van der Waals surface area (Å²) in [7, 11) is 0. The van der Waals surface area contributed by atoms with E-state index in [9.17, 15) is 4.79 Å². The van der Waals surface area contributed by atoms with Gasteiger partial charge in [0, 0.05) is 6.42 Å². The van der Waals surface area contributed by atoms with Crippen LogP contribution >= 0.6 is 0 Å². The molecule has 0 unspecified atom stereocenters. The number of piperidine rings is 1. The van der Waals surface area contributed by atoms with Crippen molar-refractivity contribution in [3.05, 3.63) is 0 Å². The molecule has 0 aromatic carbocycles. The van der Waals surface area contributed by atoms with Gasteiger partial charge < -0.3 is 10.0 Å². The maximum Gasteiger partial charge on any atom is 0.303 e. The lowest BCUT2D eigenvalue weighted by Crippen LogP contribution is -2.35. The number of hydrogen-bond acceptors (Lipinski definition) is 2. The zero-order valence-electron chi connectivity index (χ0n) is 11.5. The zero-order valence-corrected chi connectivity index (χ0v) is 11.5. The highest BCUT2D eigenvalue weighted by molar-refractivity contribution is 5.66. The summed E-state index contributed by atoms with van der Waals surface area (Å²) in [5, 5.41) is 8.66. The van der Waals surface area contributed by atoms with Gasteiger partial charge >= 0.3 is 5.97 Å². The van der Waals surface area contributed by atoms with E-state index in [1.165, 1.54) is 25.8 Å². The van der Waals surface area contributed by atoms with E-state index in [1.54, 1.807) is 0 Å². The first-order chi connectivity index (χ1) is 7.87. The topological polar surface area (TPSA) is 40.5 Å². The van der Waals surface area contributed by atoms with Crippen LogP contribution in [-0.2, 0) is 4.79 Å². The van der Waals surface area contributed by atoms with Crippen molar-refractivity contribution in [2.75, 3.05) is 19.6 Å². The summed E-state index contributed by atoms with van der Waals surface area (Å²) in [5.41, 5.74) is 0.417. The van der Waals surface area contributed by atoms with Gasteiger partial charge in [0.25, 0.3) is 0 Å². The average molecular weight is 241 g/mol. The molecule has 100 valence electrons. The van der Waals surface area contributed by atoms with Crippen molar-refractivity contribution in [2.45, 2.75) is 52.9 Å². The van der Waals surface area contributed by atoms with Crippen LogP contribution in [0.3, 0.4) is 0 Å². The molecule has 1 heterocycles. The molecule has 0 bridgehead atoms. The first-order valence-electron chi connectivity index (χ1n) is 6.81. The molecule has 0 aliphatic carbocycles. The molecule has 0 amide bonds. The second-order valence-corrected chi connectivity index (χ2v) is 6.53. The SMILES string of the molecule is CC(C)(C)CCN1CCC(CCC(=O)O)CC1. The molecule has 1 saturated heterocycles. The Hall–Kier alpha value is -0.570. The molecule has 1 N–H and O–H groups in total. The van der Waals surface area contributed by atoms with Gasteiger partial charge in [0.2, 0.25) is 0 Å². The molecule has 0 saturated carbocycles. The summed E-state index contributed by atoms with van der Waals surface area (Å²) in [5.74, 6) is -0.0165. The van der Waals surface area contributed by atoms with Crippen molar-refractivity contribution in [2.24, 2.45) is 11.3 Å². The van der Waals surface area contributed by atoms with E-state index in [2.05, 4.69) is 25.7 Å². The van der Waals surface area contributed by atoms with Crippen LogP contribution in [0.25, 0.3) is 0 Å². The van der Waals surface area contributed by atoms with Gasteiger partial charge in [-0.15, -0.1) is 0 Å². The standard InChI is InChI=1S/C14H27NO2/c1-14(2,3)8-11-15-9-6-12(7-10-15)4-5-13(16)17/h12H,4-11H2,1-3H3,(H,16,17). The van der Waals surface area contributed by atoms with Gasteiger partial charge in [-0.05, 0) is 56.7 Å². The van der Waals surface area contributed by atoms with Gasteiger partial charge in [-0.3, -0.25) is 4.79 Å². The molecule has 1 fully saturated rings. The third-order valence-electron chi connectivity index (χ3n) is 3.65. The van der Waals surface area contributed by atoms with Gasteiger partial charge in [0.15, 0.2) is 0 Å². The predicted molar refractivity (Wildman–Crippen MR) is 70.1 cm³/mol. The Kier molecular flexibility index (Phi) is 5.44. The number of likely N-dealkylation sites (tertiary alicyclic amines) is 1. The van der Waals surface area contributed by atoms with E-state index in [0.717, 1.165) is 19.5 Å². The highest BCUT2D eigenvalue weighted by Gasteiger charge is 2.21. The van der Waals surface area contributed by atoms with Crippen LogP contribution in [0.4, 0.5) is 0 Å². The maximum absolute atomic E-state index is 10.5. The molecule has 0 spiro atoms. The fourth-order valence-corrected chi connectivity index (χ4v) is 2.32. The molecule has 0 atom stereocenters. The number of nitrogens with zero attached hydrogens (tertiary/aromatic N) is 1. The molecule has 1 rings (SSSR count). The molecule has 1 aliphatic heterocycles. The van der Waals surface area contributed by atoms with Crippen LogP contribution in [0.1, 0.15) is 52.9 Å². The van der Waals surface area contributed by atoms with Crippen molar-refractivity contribution in [3.63, 3.8) is 0 Å². The van der Waals surface area contributed by atoms with Crippen LogP contribution in [0.15, 0.2) is 0 Å². The van der Waals surface area contributed by atoms with Crippen LogP contribution in [-0.4, -0.2) is 35.6 Å². The fraction of sp³-hybridized carbons (Fsp3) is 0.929. The van der Waals surface area contributed by atoms with Crippen LogP contribution in [0.5, 0.6) is 0 Å². The first-order valence-corrected chi connectivity index (χ1v) is 6.81. The molecule has 3 nitrogen and oxygen atoms in total. The predicted octanol–water partition coefficient (Wildman–Crippen LogP) is 3.00. The Morgan fingerprint density at radius 3 is 2.35 bits per heavy atom. The Balaban J connectivity index is 2.15. The third-order valence-corrected chi connectivity index (χ3v) is 3.65. The summed E-state index contributed by atoms with van der Waals surface area (Å²) in [4.78, 5) is 13.0. The zero-order chi connectivity index (χ0) is 12.9. The van der Waals surface area contributed by atoms with Crippen molar-refractivity contribution >= 4 is 5.97 Å². The van der Waals surface area contributed by atoms with Gasteiger partial charge in [-0.2, -0.15) is 0 Å². The number of hydrogen-bond donors (Lipinski definition) is 1. The van der Waals surface area contributed by atoms with Crippen LogP contribution in [0.2, 0.25) is 0 Å². The molecule has 0 aromatic heterocycles. The number of carboxylic acid groups (broad SMARTS) is 1. The number of carboxylic acids is 1. The lowest BCUT2D eigenvalue weighted by atomic mass is 9.89. The molecule has 0 aromatic rings. The number of carbonyl (C=O) groups is 1. The summed E-state index contributed by atoms with van der Waals surface area (Å²) in [6.07, 6.45) is 4.80. The smallest absolute Gasteiger partial charge is 0.303 e. The summed E-state index contributed by atoms with van der Waals surface area (Å²) in [6.45, 7) is 10.3. The fourth-order valence-electron chi connectivity index (χ4n) is 2.32. The second kappa shape index (κ2) is 6.39. The summed E-state index contributed by atoms with van der Waals surface area (Å²) < 4.78 is 0. The van der Waals surface area contributed by atoms with E-state index in [1.807, 2.05) is 0 Å². The summed E-state index contributed by atoms with van der Waals surface area (Å²) in [6, 6.07) is 0. The van der Waals surface area contributed by atoms with E-state index in [0.29, 0.717) is 17.8 Å². The molecular weight excluding hydrogens is 214 g/mol. The normalized spacial score (nSPS) is 19.5. The maximum atomic E-state index is 10.5. The first kappa shape index (κ1) is 14.5. The molecular formula is C14H27NO2. The van der Waals surface area contributed by atoms with Gasteiger partial charge in [-0.25, -0.2) is 0 Å². The molecule has 3 heteroatoms. The Morgan fingerprint density at radius 1 is 1.29 bits per heavy atom. The lowest BCUT2D eigenvalue weighted by molar-refractivity contribution is -0.137. The van der Waals surface area contributed by atoms with E-state index in [-0.39, 0.29) is 0 Å². The highest BCUT2D eigenvalue weighted by Crippen LogP contribution is 2.24. The quantitative estimate of drug-likeness (QED) is 0.804. The van der Waals surface area contributed by atoms with Crippen molar-refractivity contribution < 1.29 is 9.90 Å². The second-order valence-electron chi connectivity index (χ2n) is 6.53. The Labute approximate surface area is 105 Å². The highest BCUT2D eigenvalue weighted by atomic mass is 16.4. The average Bonchev–Trinajstić information content (AvgIpc) is 2.24. The third kappa shape index (κ3) is 6.67. The van der Waals surface area contributed by atoms with Gasteiger partial charge in [0.1, 0.15) is 0 Å². The lowest BCUT2D eigenvalue weighted by Gasteiger charge is -2.33. The number of rotatable bonds is 5. The largest absolute Gasteiger partial charge is 0.481 e. The minimum atomic E-state index is -0.653. The van der Waals surface area contributed by atoms with E-state index < -0.39 is 5.97 Å². The van der Waals surface area contributed by atoms with Crippen molar-refractivity contribution in [3.8, 4) is 0 Å².